The van der Waals surface area contributed by atoms with Crippen LogP contribution in [-0.4, -0.2) is 45.3 Å². The first-order valence-corrected chi connectivity index (χ1v) is 10.1. The second-order valence-electron chi connectivity index (χ2n) is 6.99. The summed E-state index contributed by atoms with van der Waals surface area (Å²) >= 11 is 3.23. The number of carboxylic acid groups (broad SMARTS) is 1. The number of hydrogen-bond donors (Lipinski definition) is 3. The quantitative estimate of drug-likeness (QED) is 0.479. The molecule has 8 nitrogen and oxygen atoms in total. The van der Waals surface area contributed by atoms with Gasteiger partial charge in [-0.1, -0.05) is 15.9 Å². The number of anilines is 3. The second kappa shape index (κ2) is 8.31. The number of nitrogens with one attached hydrogen (secondary N) is 1. The number of benzene rings is 2. The predicted molar refractivity (Wildman–Crippen MR) is 115 cm³/mol. The number of hydrogen-bond acceptors (Lipinski definition) is 6. The summed E-state index contributed by atoms with van der Waals surface area (Å²) in [5.41, 5.74) is 7.40. The Balaban J connectivity index is 1.61. The van der Waals surface area contributed by atoms with Crippen LogP contribution in [-0.2, 0) is 0 Å². The number of piperidine rings is 1. The smallest absolute Gasteiger partial charge is 0.407 e. The van der Waals surface area contributed by atoms with E-state index >= 15 is 0 Å². The summed E-state index contributed by atoms with van der Waals surface area (Å²) in [6, 6.07) is 8.04. The molecule has 1 aliphatic heterocycles. The molecule has 0 bridgehead atoms. The third kappa shape index (κ3) is 4.23. The molecule has 10 heteroatoms. The fraction of sp³-hybridized carbons (Fsp3) is 0.250. The highest BCUT2D eigenvalue weighted by Crippen LogP contribution is 2.33. The minimum atomic E-state index is -0.960. The zero-order valence-corrected chi connectivity index (χ0v) is 17.4. The van der Waals surface area contributed by atoms with E-state index in [0.29, 0.717) is 39.2 Å². The lowest BCUT2D eigenvalue weighted by Crippen LogP contribution is -2.43. The average Bonchev–Trinajstić information content (AvgIpc) is 2.71. The van der Waals surface area contributed by atoms with E-state index in [1.54, 1.807) is 24.3 Å². The van der Waals surface area contributed by atoms with Crippen molar-refractivity contribution in [3.63, 3.8) is 0 Å². The summed E-state index contributed by atoms with van der Waals surface area (Å²) in [7, 11) is 0. The standard InChI is InChI=1S/C20H19BrFN5O3/c21-11-3-4-16(14(22)6-11)26-19-13-7-15(23)18(8-17(13)24-10-25-19)30-12-2-1-5-27(9-12)20(28)29/h3-4,6-8,10,12H,1-2,5,9,23H2,(H,28,29)(H,24,25,26). The molecule has 1 aromatic heterocycles. The van der Waals surface area contributed by atoms with E-state index in [9.17, 15) is 14.3 Å². The van der Waals surface area contributed by atoms with Crippen molar-refractivity contribution < 1.29 is 19.0 Å². The Morgan fingerprint density at radius 1 is 1.33 bits per heavy atom. The molecule has 1 atom stereocenters. The monoisotopic (exact) mass is 475 g/mol. The Bertz CT molecular complexity index is 1110. The molecule has 30 heavy (non-hydrogen) atoms. The van der Waals surface area contributed by atoms with E-state index in [0.717, 1.165) is 12.8 Å². The van der Waals surface area contributed by atoms with Crippen LogP contribution < -0.4 is 15.8 Å². The van der Waals surface area contributed by atoms with Crippen molar-refractivity contribution in [1.82, 2.24) is 14.9 Å². The molecule has 1 saturated heterocycles. The van der Waals surface area contributed by atoms with Gasteiger partial charge in [0.25, 0.3) is 0 Å². The number of aromatic nitrogens is 2. The minimum Gasteiger partial charge on any atom is -0.486 e. The van der Waals surface area contributed by atoms with Crippen LogP contribution in [0, 0.1) is 5.82 Å². The third-order valence-corrected chi connectivity index (χ3v) is 5.39. The van der Waals surface area contributed by atoms with E-state index in [1.165, 1.54) is 17.3 Å². The van der Waals surface area contributed by atoms with Gasteiger partial charge in [0, 0.05) is 22.5 Å². The first kappa shape index (κ1) is 20.1. The molecular weight excluding hydrogens is 457 g/mol. The number of amides is 1. The summed E-state index contributed by atoms with van der Waals surface area (Å²) in [5, 5.41) is 12.8. The van der Waals surface area contributed by atoms with Gasteiger partial charge in [0.2, 0.25) is 0 Å². The van der Waals surface area contributed by atoms with E-state index in [-0.39, 0.29) is 18.3 Å². The number of nitrogens with two attached hydrogens (primary N) is 1. The number of nitrogens with zero attached hydrogens (tertiary/aromatic N) is 3. The molecule has 0 spiro atoms. The maximum Gasteiger partial charge on any atom is 0.407 e. The number of rotatable bonds is 4. The molecule has 0 saturated carbocycles. The molecular formula is C20H19BrFN5O3. The van der Waals surface area contributed by atoms with Gasteiger partial charge in [-0.25, -0.2) is 19.2 Å². The zero-order chi connectivity index (χ0) is 21.3. The highest BCUT2D eigenvalue weighted by molar-refractivity contribution is 9.10. The molecule has 4 rings (SSSR count). The van der Waals surface area contributed by atoms with Crippen LogP contribution in [0.4, 0.5) is 26.4 Å². The number of fused-ring (bicyclic) bond motifs is 1. The molecule has 3 aromatic rings. The Labute approximate surface area is 180 Å². The zero-order valence-electron chi connectivity index (χ0n) is 15.8. The Kier molecular flexibility index (Phi) is 5.58. The van der Waals surface area contributed by atoms with Gasteiger partial charge in [0.05, 0.1) is 23.4 Å². The summed E-state index contributed by atoms with van der Waals surface area (Å²) < 4.78 is 20.8. The van der Waals surface area contributed by atoms with Crippen LogP contribution in [0.2, 0.25) is 0 Å². The highest BCUT2D eigenvalue weighted by Gasteiger charge is 2.25. The molecule has 1 unspecified atom stereocenters. The molecule has 1 fully saturated rings. The normalized spacial score (nSPS) is 16.5. The average molecular weight is 476 g/mol. The van der Waals surface area contributed by atoms with E-state index in [1.807, 2.05) is 0 Å². The van der Waals surface area contributed by atoms with Gasteiger partial charge < -0.3 is 25.8 Å². The van der Waals surface area contributed by atoms with Gasteiger partial charge in [-0.2, -0.15) is 0 Å². The topological polar surface area (TPSA) is 114 Å². The first-order valence-electron chi connectivity index (χ1n) is 9.31. The van der Waals surface area contributed by atoms with Crippen LogP contribution >= 0.6 is 15.9 Å². The van der Waals surface area contributed by atoms with Crippen molar-refractivity contribution in [2.24, 2.45) is 0 Å². The lowest BCUT2D eigenvalue weighted by molar-refractivity contribution is 0.0796. The van der Waals surface area contributed by atoms with Crippen LogP contribution in [0.3, 0.4) is 0 Å². The summed E-state index contributed by atoms with van der Waals surface area (Å²) in [6.07, 6.45) is 1.58. The molecule has 4 N–H and O–H groups in total. The Morgan fingerprint density at radius 3 is 2.93 bits per heavy atom. The molecule has 1 aliphatic rings. The van der Waals surface area contributed by atoms with E-state index < -0.39 is 11.9 Å². The lowest BCUT2D eigenvalue weighted by Gasteiger charge is -2.31. The van der Waals surface area contributed by atoms with E-state index in [4.69, 9.17) is 10.5 Å². The van der Waals surface area contributed by atoms with Crippen LogP contribution in [0.1, 0.15) is 12.8 Å². The van der Waals surface area contributed by atoms with Gasteiger partial charge in [-0.3, -0.25) is 0 Å². The van der Waals surface area contributed by atoms with Crippen molar-refractivity contribution >= 4 is 50.1 Å². The molecule has 1 amide bonds. The van der Waals surface area contributed by atoms with Gasteiger partial charge in [-0.15, -0.1) is 0 Å². The maximum absolute atomic E-state index is 14.2. The maximum atomic E-state index is 14.2. The van der Waals surface area contributed by atoms with Gasteiger partial charge in [-0.05, 0) is 37.1 Å². The number of ether oxygens (including phenoxy) is 1. The molecule has 2 aromatic carbocycles. The van der Waals surface area contributed by atoms with Gasteiger partial charge >= 0.3 is 6.09 Å². The Hall–Kier alpha value is -3.14. The van der Waals surface area contributed by atoms with E-state index in [2.05, 4.69) is 31.2 Å². The number of likely N-dealkylation sites (tertiary alicyclic amines) is 1. The summed E-state index contributed by atoms with van der Waals surface area (Å²) in [5.74, 6) is 0.415. The van der Waals surface area contributed by atoms with Crippen molar-refractivity contribution in [3.05, 3.63) is 46.9 Å². The summed E-state index contributed by atoms with van der Waals surface area (Å²) in [4.78, 5) is 21.0. The number of halogens is 2. The van der Waals surface area contributed by atoms with Crippen LogP contribution in [0.5, 0.6) is 5.75 Å². The molecule has 0 radical (unpaired) electrons. The summed E-state index contributed by atoms with van der Waals surface area (Å²) in [6.45, 7) is 0.781. The van der Waals surface area contributed by atoms with Crippen LogP contribution in [0.15, 0.2) is 41.1 Å². The van der Waals surface area contributed by atoms with Crippen LogP contribution in [0.25, 0.3) is 10.9 Å². The first-order chi connectivity index (χ1) is 14.4. The number of carbonyl (C=O) groups is 1. The van der Waals surface area contributed by atoms with Crippen molar-refractivity contribution in [2.75, 3.05) is 24.1 Å². The highest BCUT2D eigenvalue weighted by atomic mass is 79.9. The SMILES string of the molecule is Nc1cc2c(Nc3ccc(Br)cc3F)ncnc2cc1OC1CCCN(C(=O)O)C1. The molecule has 2 heterocycles. The fourth-order valence-corrected chi connectivity index (χ4v) is 3.74. The molecule has 156 valence electrons. The van der Waals surface area contributed by atoms with Gasteiger partial charge in [0.1, 0.15) is 29.8 Å². The van der Waals surface area contributed by atoms with Crippen molar-refractivity contribution in [2.45, 2.75) is 18.9 Å². The van der Waals surface area contributed by atoms with Crippen molar-refractivity contribution in [1.29, 1.82) is 0 Å². The predicted octanol–water partition coefficient (Wildman–Crippen LogP) is 4.38. The largest absolute Gasteiger partial charge is 0.486 e. The third-order valence-electron chi connectivity index (χ3n) is 4.89. The molecule has 0 aliphatic carbocycles. The minimum absolute atomic E-state index is 0.271. The number of nitrogen functional groups attached to an aromatic ring is 1. The second-order valence-corrected chi connectivity index (χ2v) is 7.90. The van der Waals surface area contributed by atoms with Crippen molar-refractivity contribution in [3.8, 4) is 5.75 Å². The van der Waals surface area contributed by atoms with Gasteiger partial charge in [0.15, 0.2) is 0 Å². The fourth-order valence-electron chi connectivity index (χ4n) is 3.41. The lowest BCUT2D eigenvalue weighted by atomic mass is 10.1. The Morgan fingerprint density at radius 2 is 2.17 bits per heavy atom.